The monoisotopic (exact) mass is 510 g/mol. The van der Waals surface area contributed by atoms with Crippen molar-refractivity contribution in [3.8, 4) is 5.75 Å². The lowest BCUT2D eigenvalue weighted by Gasteiger charge is -2.37. The molecule has 0 N–H and O–H groups in total. The van der Waals surface area contributed by atoms with Crippen molar-refractivity contribution in [3.63, 3.8) is 0 Å². The fourth-order valence-electron chi connectivity index (χ4n) is 4.54. The number of benzene rings is 2. The Kier molecular flexibility index (Phi) is 8.36. The molecular formula is C25H29F7O3. The maximum atomic E-state index is 14.6. The van der Waals surface area contributed by atoms with E-state index < -0.39 is 52.8 Å². The van der Waals surface area contributed by atoms with Crippen LogP contribution in [0.15, 0.2) is 24.3 Å². The first kappa shape index (κ1) is 27.3. The zero-order chi connectivity index (χ0) is 24.6. The molecule has 35 heavy (non-hydrogen) atoms. The van der Waals surface area contributed by atoms with E-state index in [1.54, 1.807) is 0 Å². The smallest absolute Gasteiger partial charge is 0.429 e. The molecule has 2 fully saturated rings. The van der Waals surface area contributed by atoms with Gasteiger partial charge in [-0.3, -0.25) is 0 Å². The Labute approximate surface area is 200 Å². The largest absolute Gasteiger partial charge is 0.432 e. The van der Waals surface area contributed by atoms with Crippen LogP contribution in [0, 0.1) is 46.8 Å². The zero-order valence-electron chi connectivity index (χ0n) is 18.2. The van der Waals surface area contributed by atoms with Crippen molar-refractivity contribution in [2.24, 2.45) is 17.8 Å². The second kappa shape index (κ2) is 10.7. The minimum Gasteiger partial charge on any atom is -0.429 e. The topological polar surface area (TPSA) is 27.7 Å². The summed E-state index contributed by atoms with van der Waals surface area (Å²) in [5.74, 6) is -8.71. The molecule has 0 spiro atoms. The van der Waals surface area contributed by atoms with Crippen LogP contribution in [-0.4, -0.2) is 13.2 Å². The van der Waals surface area contributed by atoms with Crippen LogP contribution in [-0.2, 0) is 15.6 Å². The van der Waals surface area contributed by atoms with Crippen molar-refractivity contribution in [3.05, 3.63) is 64.5 Å². The molecule has 1 aliphatic heterocycles. The summed E-state index contributed by atoms with van der Waals surface area (Å²) >= 11 is 0. The molecule has 4 rings (SSSR count). The van der Waals surface area contributed by atoms with Crippen molar-refractivity contribution in [1.82, 2.24) is 0 Å². The van der Waals surface area contributed by atoms with Crippen molar-refractivity contribution in [2.75, 3.05) is 13.2 Å². The van der Waals surface area contributed by atoms with Crippen LogP contribution in [0.5, 0.6) is 5.75 Å². The molecule has 0 radical (unpaired) electrons. The normalized spacial score (nSPS) is 25.1. The number of alkyl halides is 2. The molecule has 3 nitrogen and oxygen atoms in total. The van der Waals surface area contributed by atoms with Crippen LogP contribution >= 0.6 is 0 Å². The first-order chi connectivity index (χ1) is 16.0. The molecule has 1 aliphatic carbocycles. The number of hydrogen-bond acceptors (Lipinski definition) is 3. The van der Waals surface area contributed by atoms with E-state index in [-0.39, 0.29) is 32.5 Å². The van der Waals surface area contributed by atoms with Crippen molar-refractivity contribution < 1.29 is 46.4 Å². The van der Waals surface area contributed by atoms with Crippen LogP contribution in [0.2, 0.25) is 0 Å². The van der Waals surface area contributed by atoms with E-state index in [1.165, 1.54) is 0 Å². The van der Waals surface area contributed by atoms with E-state index in [4.69, 9.17) is 9.47 Å². The molecule has 196 valence electrons. The Bertz CT molecular complexity index is 990. The van der Waals surface area contributed by atoms with Crippen molar-refractivity contribution >= 4 is 0 Å². The van der Waals surface area contributed by atoms with Gasteiger partial charge >= 0.3 is 6.11 Å². The lowest BCUT2D eigenvalue weighted by molar-refractivity contribution is -0.215. The van der Waals surface area contributed by atoms with Gasteiger partial charge in [0.2, 0.25) is 0 Å². The first-order valence-electron chi connectivity index (χ1n) is 11.0. The van der Waals surface area contributed by atoms with Gasteiger partial charge in [-0.1, -0.05) is 27.2 Å². The average molecular weight is 510 g/mol. The minimum atomic E-state index is -4.65. The fraction of sp³-hybridized carbons (Fsp3) is 0.520. The Morgan fingerprint density at radius 1 is 0.800 bits per heavy atom. The minimum absolute atomic E-state index is 0. The highest BCUT2D eigenvalue weighted by Crippen LogP contribution is 2.40. The summed E-state index contributed by atoms with van der Waals surface area (Å²) in [6, 6.07) is 1.55. The summed E-state index contributed by atoms with van der Waals surface area (Å²) in [6.07, 6.45) is -1.44. The molecule has 2 aromatic carbocycles. The molecular weight excluding hydrogens is 481 g/mol. The van der Waals surface area contributed by atoms with Gasteiger partial charge < -0.3 is 14.2 Å². The van der Waals surface area contributed by atoms with Gasteiger partial charge in [0.1, 0.15) is 22.9 Å². The third kappa shape index (κ3) is 5.91. The van der Waals surface area contributed by atoms with E-state index in [2.05, 4.69) is 11.7 Å². The molecule has 0 aromatic heterocycles. The van der Waals surface area contributed by atoms with Crippen molar-refractivity contribution in [1.29, 1.82) is 0 Å². The predicted octanol–water partition coefficient (Wildman–Crippen LogP) is 7.88. The third-order valence-corrected chi connectivity index (χ3v) is 6.48. The van der Waals surface area contributed by atoms with E-state index in [9.17, 15) is 30.7 Å². The number of hydrogen-bond donors (Lipinski definition) is 0. The zero-order valence-corrected chi connectivity index (χ0v) is 18.2. The average Bonchev–Trinajstić information content (AvgIpc) is 2.77. The van der Waals surface area contributed by atoms with Crippen LogP contribution in [0.25, 0.3) is 0 Å². The molecule has 1 saturated carbocycles. The van der Waals surface area contributed by atoms with E-state index >= 15 is 0 Å². The summed E-state index contributed by atoms with van der Waals surface area (Å²) in [4.78, 5) is 0. The van der Waals surface area contributed by atoms with Gasteiger partial charge in [-0.15, -0.1) is 0 Å². The first-order valence-corrected chi connectivity index (χ1v) is 11.0. The lowest BCUT2D eigenvalue weighted by Crippen LogP contribution is -2.34. The molecule has 2 aromatic rings. The Morgan fingerprint density at radius 3 is 1.83 bits per heavy atom. The number of halogens is 7. The van der Waals surface area contributed by atoms with E-state index in [0.717, 1.165) is 25.7 Å². The van der Waals surface area contributed by atoms with Crippen LogP contribution < -0.4 is 4.74 Å². The molecule has 0 atom stereocenters. The van der Waals surface area contributed by atoms with Crippen LogP contribution in [0.1, 0.15) is 58.9 Å². The van der Waals surface area contributed by atoms with E-state index in [0.29, 0.717) is 37.2 Å². The van der Waals surface area contributed by atoms with Gasteiger partial charge in [-0.25, -0.2) is 22.0 Å². The van der Waals surface area contributed by atoms with Gasteiger partial charge in [-0.05, 0) is 36.8 Å². The summed E-state index contributed by atoms with van der Waals surface area (Å²) in [7, 11) is 0. The highest BCUT2D eigenvalue weighted by atomic mass is 19.3. The highest BCUT2D eigenvalue weighted by molar-refractivity contribution is 5.32. The predicted molar refractivity (Wildman–Crippen MR) is 115 cm³/mol. The highest BCUT2D eigenvalue weighted by Gasteiger charge is 2.42. The SMILES string of the molecule is C.CC1CCC(C2COC(c3cc(F)c(C(F)(F)Oc4cc(F)c(F)c(F)c4)c(F)c3)OC2)CC1.[HH]. The standard InChI is InChI=1S/C24H23F7O3.CH4.H2/c1-12-2-4-13(5-3-12)15-10-32-23(33-11-15)14-6-17(25)21(18(26)7-14)24(30,31)34-16-8-19(27)22(29)20(28)9-16;;/h6-9,12-13,15,23H,2-5,10-11H2,1H3;1H4;1H. The van der Waals surface area contributed by atoms with Crippen molar-refractivity contribution in [2.45, 2.75) is 52.4 Å². The maximum Gasteiger partial charge on any atom is 0.432 e. The van der Waals surface area contributed by atoms with Crippen LogP contribution in [0.3, 0.4) is 0 Å². The molecule has 1 saturated heterocycles. The van der Waals surface area contributed by atoms with Crippen LogP contribution in [0.4, 0.5) is 30.7 Å². The number of rotatable bonds is 5. The molecule has 10 heteroatoms. The fourth-order valence-corrected chi connectivity index (χ4v) is 4.54. The van der Waals surface area contributed by atoms with Gasteiger partial charge in [0.25, 0.3) is 0 Å². The summed E-state index contributed by atoms with van der Waals surface area (Å²) < 4.78 is 113. The summed E-state index contributed by atoms with van der Waals surface area (Å²) in [5.41, 5.74) is -1.91. The second-order valence-electron chi connectivity index (χ2n) is 8.96. The van der Waals surface area contributed by atoms with Gasteiger partial charge in [0, 0.05) is 25.0 Å². The lowest BCUT2D eigenvalue weighted by atomic mass is 9.76. The summed E-state index contributed by atoms with van der Waals surface area (Å²) in [6.45, 7) is 2.84. The van der Waals surface area contributed by atoms with Gasteiger partial charge in [0.15, 0.2) is 23.7 Å². The molecule has 0 unspecified atom stereocenters. The third-order valence-electron chi connectivity index (χ3n) is 6.48. The molecule has 0 bridgehead atoms. The molecule has 0 amide bonds. The molecule has 2 aliphatic rings. The number of ether oxygens (including phenoxy) is 3. The Hall–Kier alpha value is -2.33. The maximum absolute atomic E-state index is 14.6. The Balaban J connectivity index is 0.00000228. The second-order valence-corrected chi connectivity index (χ2v) is 8.96. The molecule has 1 heterocycles. The summed E-state index contributed by atoms with van der Waals surface area (Å²) in [5, 5.41) is 0. The van der Waals surface area contributed by atoms with Gasteiger partial charge in [0.05, 0.1) is 13.2 Å². The van der Waals surface area contributed by atoms with E-state index in [1.807, 2.05) is 0 Å². The van der Waals surface area contributed by atoms with Gasteiger partial charge in [-0.2, -0.15) is 8.78 Å². The quantitative estimate of drug-likeness (QED) is 0.303. The Morgan fingerprint density at radius 2 is 1.31 bits per heavy atom.